The summed E-state index contributed by atoms with van der Waals surface area (Å²) >= 11 is 0. The number of benzene rings is 1. The number of hydrogen-bond donors (Lipinski definition) is 2. The lowest BCUT2D eigenvalue weighted by Gasteiger charge is -2.27. The zero-order chi connectivity index (χ0) is 13.0. The molecule has 0 unspecified atom stereocenters. The largest absolute Gasteiger partial charge is 0.314 e. The second-order valence-electron chi connectivity index (χ2n) is 4.49. The van der Waals surface area contributed by atoms with Crippen LogP contribution in [0.5, 0.6) is 0 Å². The fraction of sp³-hybridized carbons (Fsp3) is 0.500. The summed E-state index contributed by atoms with van der Waals surface area (Å²) in [5, 5.41) is 8.51. The summed E-state index contributed by atoms with van der Waals surface area (Å²) in [6, 6.07) is 6.96. The molecule has 1 aliphatic heterocycles. The highest BCUT2D eigenvalue weighted by atomic mass is 32.2. The number of hydrogen-bond acceptors (Lipinski definition) is 4. The Balaban J connectivity index is 2.05. The van der Waals surface area contributed by atoms with Crippen LogP contribution >= 0.6 is 0 Å². The van der Waals surface area contributed by atoms with Crippen LogP contribution in [0, 0.1) is 0 Å². The van der Waals surface area contributed by atoms with Gasteiger partial charge in [0.15, 0.2) is 0 Å². The van der Waals surface area contributed by atoms with Crippen molar-refractivity contribution in [3.8, 4) is 0 Å². The summed E-state index contributed by atoms with van der Waals surface area (Å²) in [5.74, 6) is 0. The number of nitrogens with two attached hydrogens (primary N) is 1. The third-order valence-electron chi connectivity index (χ3n) is 3.19. The highest BCUT2D eigenvalue weighted by Crippen LogP contribution is 2.14. The minimum atomic E-state index is -3.62. The molecule has 1 fully saturated rings. The second-order valence-corrected chi connectivity index (χ2v) is 6.02. The molecule has 1 heterocycles. The third-order valence-corrected chi connectivity index (χ3v) is 4.20. The maximum absolute atomic E-state index is 11.5. The van der Waals surface area contributed by atoms with E-state index < -0.39 is 10.0 Å². The third kappa shape index (κ3) is 3.52. The van der Waals surface area contributed by atoms with E-state index in [4.69, 9.17) is 5.14 Å². The average molecular weight is 269 g/mol. The van der Waals surface area contributed by atoms with Crippen LogP contribution in [0.4, 0.5) is 0 Å². The zero-order valence-electron chi connectivity index (χ0n) is 10.3. The quantitative estimate of drug-likeness (QED) is 0.792. The fourth-order valence-electron chi connectivity index (χ4n) is 2.20. The van der Waals surface area contributed by atoms with Gasteiger partial charge in [-0.2, -0.15) is 0 Å². The molecule has 0 amide bonds. The molecule has 0 bridgehead atoms. The van der Waals surface area contributed by atoms with Crippen molar-refractivity contribution < 1.29 is 8.42 Å². The Morgan fingerprint density at radius 1 is 1.22 bits per heavy atom. The lowest BCUT2D eigenvalue weighted by atomic mass is 10.1. The molecule has 0 aliphatic carbocycles. The molecule has 100 valence electrons. The van der Waals surface area contributed by atoms with Crippen molar-refractivity contribution in [2.75, 3.05) is 32.7 Å². The summed E-state index contributed by atoms with van der Waals surface area (Å²) in [6.07, 6.45) is 0.715. The SMILES string of the molecule is NS(=O)(=O)c1ccccc1CCN1CCNCC1. The summed E-state index contributed by atoms with van der Waals surface area (Å²) in [7, 11) is -3.62. The van der Waals surface area contributed by atoms with Gasteiger partial charge in [0.25, 0.3) is 0 Å². The maximum Gasteiger partial charge on any atom is 0.238 e. The Labute approximate surface area is 108 Å². The van der Waals surface area contributed by atoms with Crippen LogP contribution in [0.3, 0.4) is 0 Å². The number of nitrogens with one attached hydrogen (secondary N) is 1. The van der Waals surface area contributed by atoms with Crippen LogP contribution in [0.1, 0.15) is 5.56 Å². The van der Waals surface area contributed by atoms with Crippen LogP contribution in [0.15, 0.2) is 29.2 Å². The van der Waals surface area contributed by atoms with Gasteiger partial charge >= 0.3 is 0 Å². The smallest absolute Gasteiger partial charge is 0.238 e. The van der Waals surface area contributed by atoms with Gasteiger partial charge in [-0.15, -0.1) is 0 Å². The van der Waals surface area contributed by atoms with E-state index in [0.29, 0.717) is 6.42 Å². The predicted molar refractivity (Wildman–Crippen MR) is 70.8 cm³/mol. The molecule has 0 radical (unpaired) electrons. The Bertz CT molecular complexity index is 496. The normalized spacial score (nSPS) is 17.8. The molecule has 6 heteroatoms. The van der Waals surface area contributed by atoms with Crippen molar-refractivity contribution >= 4 is 10.0 Å². The van der Waals surface area contributed by atoms with Crippen LogP contribution in [-0.4, -0.2) is 46.0 Å². The standard InChI is InChI=1S/C12H19N3O2S/c13-18(16,17)12-4-2-1-3-11(12)5-8-15-9-6-14-7-10-15/h1-4,14H,5-10H2,(H2,13,16,17). The summed E-state index contributed by atoms with van der Waals surface area (Å²) in [4.78, 5) is 2.58. The summed E-state index contributed by atoms with van der Waals surface area (Å²) in [6.45, 7) is 4.89. The summed E-state index contributed by atoms with van der Waals surface area (Å²) < 4.78 is 22.9. The molecule has 0 spiro atoms. The molecule has 5 nitrogen and oxygen atoms in total. The first-order chi connectivity index (χ1) is 8.57. The van der Waals surface area contributed by atoms with E-state index in [-0.39, 0.29) is 4.90 Å². The minimum Gasteiger partial charge on any atom is -0.314 e. The molecule has 1 aliphatic rings. The Morgan fingerprint density at radius 2 is 1.89 bits per heavy atom. The van der Waals surface area contributed by atoms with Gasteiger partial charge in [-0.05, 0) is 18.1 Å². The van der Waals surface area contributed by atoms with Gasteiger partial charge in [0.05, 0.1) is 4.90 Å². The lowest BCUT2D eigenvalue weighted by Crippen LogP contribution is -2.44. The minimum absolute atomic E-state index is 0.250. The van der Waals surface area contributed by atoms with Crippen LogP contribution in [0.2, 0.25) is 0 Å². The number of rotatable bonds is 4. The number of sulfonamides is 1. The lowest BCUT2D eigenvalue weighted by molar-refractivity contribution is 0.243. The summed E-state index contributed by atoms with van der Waals surface area (Å²) in [5.41, 5.74) is 0.804. The molecular weight excluding hydrogens is 250 g/mol. The van der Waals surface area contributed by atoms with Gasteiger partial charge in [-0.1, -0.05) is 18.2 Å². The zero-order valence-corrected chi connectivity index (χ0v) is 11.1. The van der Waals surface area contributed by atoms with Gasteiger partial charge < -0.3 is 10.2 Å². The van der Waals surface area contributed by atoms with E-state index in [1.165, 1.54) is 0 Å². The maximum atomic E-state index is 11.5. The molecule has 0 atom stereocenters. The van der Waals surface area contributed by atoms with Crippen molar-refractivity contribution in [1.29, 1.82) is 0 Å². The van der Waals surface area contributed by atoms with E-state index in [0.717, 1.165) is 38.3 Å². The van der Waals surface area contributed by atoms with Crippen molar-refractivity contribution in [1.82, 2.24) is 10.2 Å². The predicted octanol–water partition coefficient (Wildman–Crippen LogP) is -0.218. The molecule has 3 N–H and O–H groups in total. The highest BCUT2D eigenvalue weighted by molar-refractivity contribution is 7.89. The molecule has 0 aromatic heterocycles. The van der Waals surface area contributed by atoms with E-state index in [9.17, 15) is 8.42 Å². The molecular formula is C12H19N3O2S. The topological polar surface area (TPSA) is 75.4 Å². The first-order valence-corrected chi connectivity index (χ1v) is 7.66. The number of primary sulfonamides is 1. The van der Waals surface area contributed by atoms with Crippen LogP contribution in [0.25, 0.3) is 0 Å². The average Bonchev–Trinajstić information content (AvgIpc) is 2.37. The van der Waals surface area contributed by atoms with Gasteiger partial charge in [-0.25, -0.2) is 13.6 Å². The van der Waals surface area contributed by atoms with E-state index in [1.807, 2.05) is 12.1 Å². The van der Waals surface area contributed by atoms with Gasteiger partial charge in [-0.3, -0.25) is 0 Å². The molecule has 1 aromatic rings. The molecule has 18 heavy (non-hydrogen) atoms. The van der Waals surface area contributed by atoms with Crippen molar-refractivity contribution in [2.24, 2.45) is 5.14 Å². The van der Waals surface area contributed by atoms with E-state index in [2.05, 4.69) is 10.2 Å². The molecule has 1 aromatic carbocycles. The highest BCUT2D eigenvalue weighted by Gasteiger charge is 2.15. The van der Waals surface area contributed by atoms with Gasteiger partial charge in [0, 0.05) is 32.7 Å². The molecule has 0 saturated carbocycles. The second kappa shape index (κ2) is 5.79. The van der Waals surface area contributed by atoms with Gasteiger partial charge in [0.2, 0.25) is 10.0 Å². The Morgan fingerprint density at radius 3 is 2.56 bits per heavy atom. The number of piperazine rings is 1. The molecule has 2 rings (SSSR count). The first-order valence-electron chi connectivity index (χ1n) is 6.11. The van der Waals surface area contributed by atoms with E-state index in [1.54, 1.807) is 12.1 Å². The van der Waals surface area contributed by atoms with Crippen molar-refractivity contribution in [3.05, 3.63) is 29.8 Å². The monoisotopic (exact) mass is 269 g/mol. The Kier molecular flexibility index (Phi) is 4.34. The first kappa shape index (κ1) is 13.5. The van der Waals surface area contributed by atoms with Crippen molar-refractivity contribution in [2.45, 2.75) is 11.3 Å². The fourth-order valence-corrected chi connectivity index (χ4v) is 3.01. The van der Waals surface area contributed by atoms with Crippen LogP contribution in [-0.2, 0) is 16.4 Å². The van der Waals surface area contributed by atoms with Crippen LogP contribution < -0.4 is 10.5 Å². The Hall–Kier alpha value is -0.950. The van der Waals surface area contributed by atoms with Crippen molar-refractivity contribution in [3.63, 3.8) is 0 Å². The molecule has 1 saturated heterocycles. The number of nitrogens with zero attached hydrogens (tertiary/aromatic N) is 1. The van der Waals surface area contributed by atoms with E-state index >= 15 is 0 Å². The van der Waals surface area contributed by atoms with Gasteiger partial charge in [0.1, 0.15) is 0 Å².